The van der Waals surface area contributed by atoms with E-state index in [0.29, 0.717) is 43.3 Å². The van der Waals surface area contributed by atoms with Gasteiger partial charge in [0.1, 0.15) is 18.8 Å². The van der Waals surface area contributed by atoms with Gasteiger partial charge >= 0.3 is 12.2 Å². The number of hydrogen-bond donors (Lipinski definition) is 0. The summed E-state index contributed by atoms with van der Waals surface area (Å²) in [5.74, 6) is 0.663. The molecule has 1 aliphatic carbocycles. The molecule has 1 saturated carbocycles. The zero-order chi connectivity index (χ0) is 19.2. The van der Waals surface area contributed by atoms with Crippen LogP contribution in [0.25, 0.3) is 0 Å². The predicted molar refractivity (Wildman–Crippen MR) is 86.6 cm³/mol. The fraction of sp³-hybridized carbons (Fsp3) is 0.706. The lowest BCUT2D eigenvalue weighted by molar-refractivity contribution is -0.151. The highest BCUT2D eigenvalue weighted by Gasteiger charge is 2.45. The van der Waals surface area contributed by atoms with Crippen LogP contribution in [0.4, 0.5) is 18.0 Å². The molecule has 3 aliphatic rings. The second-order valence-corrected chi connectivity index (χ2v) is 7.51. The van der Waals surface area contributed by atoms with Crippen molar-refractivity contribution in [3.8, 4) is 0 Å². The Hall–Kier alpha value is -2.10. The van der Waals surface area contributed by atoms with Crippen molar-refractivity contribution in [1.82, 2.24) is 19.9 Å². The average molecular weight is 386 g/mol. The SMILES string of the molecule is O=C1CN(C2CCN(Cc3cc(C4CC4)on3)CC2)C(=O)N1CC(F)(F)F. The number of piperidine rings is 1. The maximum absolute atomic E-state index is 12.6. The number of carbonyl (C=O) groups excluding carboxylic acids is 2. The quantitative estimate of drug-likeness (QED) is 0.727. The minimum absolute atomic E-state index is 0.213. The van der Waals surface area contributed by atoms with Crippen LogP contribution in [0.3, 0.4) is 0 Å². The summed E-state index contributed by atoms with van der Waals surface area (Å²) in [6.07, 6.45) is -1.05. The summed E-state index contributed by atoms with van der Waals surface area (Å²) in [4.78, 5) is 27.8. The van der Waals surface area contributed by atoms with Crippen LogP contribution in [0.15, 0.2) is 10.6 Å². The molecule has 2 aliphatic heterocycles. The first-order chi connectivity index (χ1) is 12.8. The maximum Gasteiger partial charge on any atom is 0.406 e. The molecule has 0 spiro atoms. The first kappa shape index (κ1) is 18.3. The summed E-state index contributed by atoms with van der Waals surface area (Å²) < 4.78 is 43.0. The van der Waals surface area contributed by atoms with Crippen LogP contribution in [0.5, 0.6) is 0 Å². The van der Waals surface area contributed by atoms with Crippen LogP contribution in [0.1, 0.15) is 43.1 Å². The van der Waals surface area contributed by atoms with Gasteiger partial charge in [0.2, 0.25) is 0 Å². The van der Waals surface area contributed by atoms with Crippen LogP contribution in [0, 0.1) is 0 Å². The maximum atomic E-state index is 12.6. The molecule has 10 heteroatoms. The Morgan fingerprint density at radius 1 is 1.15 bits per heavy atom. The van der Waals surface area contributed by atoms with Crippen molar-refractivity contribution in [3.05, 3.63) is 17.5 Å². The fourth-order valence-electron chi connectivity index (χ4n) is 3.76. The van der Waals surface area contributed by atoms with Crippen molar-refractivity contribution in [1.29, 1.82) is 0 Å². The van der Waals surface area contributed by atoms with Gasteiger partial charge in [-0.1, -0.05) is 5.16 Å². The highest BCUT2D eigenvalue weighted by molar-refractivity contribution is 6.02. The van der Waals surface area contributed by atoms with Crippen molar-refractivity contribution in [2.24, 2.45) is 0 Å². The molecule has 27 heavy (non-hydrogen) atoms. The number of carbonyl (C=O) groups is 2. The summed E-state index contributed by atoms with van der Waals surface area (Å²) in [7, 11) is 0. The van der Waals surface area contributed by atoms with Gasteiger partial charge in [-0.25, -0.2) is 4.79 Å². The minimum atomic E-state index is -4.58. The molecule has 3 fully saturated rings. The lowest BCUT2D eigenvalue weighted by atomic mass is 10.0. The summed E-state index contributed by atoms with van der Waals surface area (Å²) in [6, 6.07) is 0.943. The Morgan fingerprint density at radius 2 is 1.85 bits per heavy atom. The molecule has 0 atom stereocenters. The van der Waals surface area contributed by atoms with E-state index in [2.05, 4.69) is 10.1 Å². The lowest BCUT2D eigenvalue weighted by Crippen LogP contribution is -2.47. The molecule has 3 heterocycles. The van der Waals surface area contributed by atoms with Gasteiger partial charge in [0.25, 0.3) is 5.91 Å². The van der Waals surface area contributed by atoms with E-state index in [1.807, 2.05) is 6.07 Å². The van der Waals surface area contributed by atoms with Crippen molar-refractivity contribution in [2.75, 3.05) is 26.2 Å². The smallest absolute Gasteiger partial charge is 0.361 e. The molecule has 0 aromatic carbocycles. The van der Waals surface area contributed by atoms with Crippen molar-refractivity contribution in [2.45, 2.75) is 50.4 Å². The second-order valence-electron chi connectivity index (χ2n) is 7.51. The Balaban J connectivity index is 1.29. The molecule has 7 nitrogen and oxygen atoms in total. The largest absolute Gasteiger partial charge is 0.406 e. The molecular weight excluding hydrogens is 365 g/mol. The molecule has 0 N–H and O–H groups in total. The number of amides is 3. The summed E-state index contributed by atoms with van der Waals surface area (Å²) in [6.45, 7) is 0.236. The molecule has 0 bridgehead atoms. The van der Waals surface area contributed by atoms with Crippen LogP contribution < -0.4 is 0 Å². The fourth-order valence-corrected chi connectivity index (χ4v) is 3.76. The monoisotopic (exact) mass is 386 g/mol. The molecular formula is C17H21F3N4O3. The average Bonchev–Trinajstić information content (AvgIpc) is 3.30. The van der Waals surface area contributed by atoms with Gasteiger partial charge in [0, 0.05) is 37.7 Å². The number of aromatic nitrogens is 1. The first-order valence-corrected chi connectivity index (χ1v) is 9.16. The first-order valence-electron chi connectivity index (χ1n) is 9.16. The van der Waals surface area contributed by atoms with Crippen LogP contribution in [-0.2, 0) is 11.3 Å². The van der Waals surface area contributed by atoms with E-state index in [4.69, 9.17) is 4.52 Å². The third-order valence-corrected chi connectivity index (χ3v) is 5.36. The molecule has 3 amide bonds. The molecule has 1 aromatic heterocycles. The van der Waals surface area contributed by atoms with Crippen molar-refractivity contribution >= 4 is 11.9 Å². The van der Waals surface area contributed by atoms with E-state index in [-0.39, 0.29) is 12.6 Å². The number of halogens is 3. The summed E-state index contributed by atoms with van der Waals surface area (Å²) in [5, 5.41) is 4.09. The lowest BCUT2D eigenvalue weighted by Gasteiger charge is -2.35. The number of rotatable bonds is 5. The Labute approximate surface area is 154 Å². The van der Waals surface area contributed by atoms with E-state index in [0.717, 1.165) is 24.3 Å². The number of urea groups is 1. The third-order valence-electron chi connectivity index (χ3n) is 5.36. The van der Waals surface area contributed by atoms with Crippen molar-refractivity contribution < 1.29 is 27.3 Å². The van der Waals surface area contributed by atoms with Crippen molar-refractivity contribution in [3.63, 3.8) is 0 Å². The van der Waals surface area contributed by atoms with Gasteiger partial charge in [0.05, 0.1) is 5.69 Å². The molecule has 0 unspecified atom stereocenters. The van der Waals surface area contributed by atoms with Gasteiger partial charge in [-0.05, 0) is 25.7 Å². The van der Waals surface area contributed by atoms with Crippen LogP contribution >= 0.6 is 0 Å². The zero-order valence-electron chi connectivity index (χ0n) is 14.7. The predicted octanol–water partition coefficient (Wildman–Crippen LogP) is 2.34. The van der Waals surface area contributed by atoms with E-state index < -0.39 is 24.7 Å². The van der Waals surface area contributed by atoms with E-state index in [1.165, 1.54) is 4.90 Å². The molecule has 0 radical (unpaired) electrons. The summed E-state index contributed by atoms with van der Waals surface area (Å²) >= 11 is 0. The topological polar surface area (TPSA) is 69.9 Å². The molecule has 1 aromatic rings. The Kier molecular flexibility index (Phi) is 4.61. The second kappa shape index (κ2) is 6.81. The van der Waals surface area contributed by atoms with Gasteiger partial charge in [-0.3, -0.25) is 14.6 Å². The highest BCUT2D eigenvalue weighted by Crippen LogP contribution is 2.40. The number of likely N-dealkylation sites (tertiary alicyclic amines) is 1. The van der Waals surface area contributed by atoms with E-state index in [1.54, 1.807) is 0 Å². The zero-order valence-corrected chi connectivity index (χ0v) is 14.7. The standard InChI is InChI=1S/C17H21F3N4O3/c18-17(19,20)10-24-15(25)9-23(16(24)26)13-3-5-22(6-4-13)8-12-7-14(27-21-12)11-1-2-11/h7,11,13H,1-6,8-10H2. The van der Waals surface area contributed by atoms with Gasteiger partial charge in [-0.2, -0.15) is 13.2 Å². The Morgan fingerprint density at radius 3 is 2.48 bits per heavy atom. The molecule has 148 valence electrons. The normalized spacial score (nSPS) is 22.9. The van der Waals surface area contributed by atoms with Gasteiger partial charge < -0.3 is 9.42 Å². The van der Waals surface area contributed by atoms with E-state index in [9.17, 15) is 22.8 Å². The Bertz CT molecular complexity index is 723. The number of nitrogens with zero attached hydrogens (tertiary/aromatic N) is 4. The molecule has 4 rings (SSSR count). The number of imide groups is 1. The summed E-state index contributed by atoms with van der Waals surface area (Å²) in [5.41, 5.74) is 0.874. The number of alkyl halides is 3. The van der Waals surface area contributed by atoms with Gasteiger partial charge in [0.15, 0.2) is 0 Å². The highest BCUT2D eigenvalue weighted by atomic mass is 19.4. The number of hydrogen-bond acceptors (Lipinski definition) is 5. The minimum Gasteiger partial charge on any atom is -0.361 e. The molecule has 2 saturated heterocycles. The van der Waals surface area contributed by atoms with Crippen LogP contribution in [0.2, 0.25) is 0 Å². The third kappa shape index (κ3) is 4.10. The van der Waals surface area contributed by atoms with Gasteiger partial charge in [-0.15, -0.1) is 0 Å². The van der Waals surface area contributed by atoms with E-state index >= 15 is 0 Å². The van der Waals surface area contributed by atoms with Crippen LogP contribution in [-0.4, -0.2) is 70.2 Å².